The summed E-state index contributed by atoms with van der Waals surface area (Å²) in [4.78, 5) is 25.2. The number of aromatic nitrogens is 2. The lowest BCUT2D eigenvalue weighted by Crippen LogP contribution is -2.30. The zero-order chi connectivity index (χ0) is 21.6. The summed E-state index contributed by atoms with van der Waals surface area (Å²) < 4.78 is 1.64. The van der Waals surface area contributed by atoms with Crippen LogP contribution in [0.5, 0.6) is 0 Å². The van der Waals surface area contributed by atoms with Gasteiger partial charge in [-0.15, -0.1) is 0 Å². The van der Waals surface area contributed by atoms with Gasteiger partial charge in [0.2, 0.25) is 11.8 Å². The van der Waals surface area contributed by atoms with Crippen molar-refractivity contribution in [3.63, 3.8) is 0 Å². The number of thioether (sulfide) groups is 1. The van der Waals surface area contributed by atoms with Crippen LogP contribution in [-0.4, -0.2) is 28.1 Å². The van der Waals surface area contributed by atoms with Gasteiger partial charge in [0.05, 0.1) is 12.1 Å². The Hall–Kier alpha value is -3.06. The molecule has 0 saturated carbocycles. The number of rotatable bonds is 8. The van der Waals surface area contributed by atoms with E-state index in [1.54, 1.807) is 16.4 Å². The third-order valence-electron chi connectivity index (χ3n) is 5.20. The van der Waals surface area contributed by atoms with E-state index >= 15 is 0 Å². The van der Waals surface area contributed by atoms with Crippen molar-refractivity contribution in [1.29, 1.82) is 0 Å². The van der Waals surface area contributed by atoms with E-state index in [2.05, 4.69) is 15.7 Å². The minimum atomic E-state index is -0.112. The SMILES string of the molecule is Cc1cccc(CC(=O)Nc2c3c(nn2CC(=O)NCCc2ccccc2)CSC3)c1. The van der Waals surface area contributed by atoms with Gasteiger partial charge in [-0.2, -0.15) is 16.9 Å². The van der Waals surface area contributed by atoms with Gasteiger partial charge in [-0.05, 0) is 24.5 Å². The van der Waals surface area contributed by atoms with Crippen LogP contribution >= 0.6 is 11.8 Å². The summed E-state index contributed by atoms with van der Waals surface area (Å²) >= 11 is 1.77. The van der Waals surface area contributed by atoms with Crippen LogP contribution in [0.4, 0.5) is 5.82 Å². The van der Waals surface area contributed by atoms with E-state index < -0.39 is 0 Å². The average molecular weight is 435 g/mol. The predicted molar refractivity (Wildman–Crippen MR) is 124 cm³/mol. The average Bonchev–Trinajstić information content (AvgIpc) is 3.31. The summed E-state index contributed by atoms with van der Waals surface area (Å²) in [7, 11) is 0. The Labute approximate surface area is 186 Å². The van der Waals surface area contributed by atoms with Crippen LogP contribution in [0.2, 0.25) is 0 Å². The van der Waals surface area contributed by atoms with E-state index in [1.807, 2.05) is 61.5 Å². The van der Waals surface area contributed by atoms with Gasteiger partial charge < -0.3 is 10.6 Å². The monoisotopic (exact) mass is 434 g/mol. The highest BCUT2D eigenvalue weighted by molar-refractivity contribution is 7.98. The molecule has 0 aliphatic carbocycles. The van der Waals surface area contributed by atoms with E-state index in [-0.39, 0.29) is 24.8 Å². The van der Waals surface area contributed by atoms with Crippen molar-refractivity contribution >= 4 is 29.4 Å². The highest BCUT2D eigenvalue weighted by Gasteiger charge is 2.25. The van der Waals surface area contributed by atoms with Gasteiger partial charge in [0.1, 0.15) is 12.4 Å². The smallest absolute Gasteiger partial charge is 0.241 e. The highest BCUT2D eigenvalue weighted by atomic mass is 32.2. The van der Waals surface area contributed by atoms with Crippen LogP contribution in [-0.2, 0) is 40.5 Å². The number of aryl methyl sites for hydroxylation is 1. The molecule has 0 saturated heterocycles. The number of amides is 2. The van der Waals surface area contributed by atoms with Crippen molar-refractivity contribution in [1.82, 2.24) is 15.1 Å². The summed E-state index contributed by atoms with van der Waals surface area (Å²) in [5.74, 6) is 2.04. The van der Waals surface area contributed by atoms with Crippen LogP contribution in [0.15, 0.2) is 54.6 Å². The summed E-state index contributed by atoms with van der Waals surface area (Å²) in [5.41, 5.74) is 5.25. The Bertz CT molecular complexity index is 1080. The molecule has 6 nitrogen and oxygen atoms in total. The molecule has 0 radical (unpaired) electrons. The van der Waals surface area contributed by atoms with Crippen molar-refractivity contribution < 1.29 is 9.59 Å². The van der Waals surface area contributed by atoms with E-state index in [9.17, 15) is 9.59 Å². The van der Waals surface area contributed by atoms with Gasteiger partial charge in [0, 0.05) is 23.6 Å². The van der Waals surface area contributed by atoms with Crippen LogP contribution in [0.1, 0.15) is 27.9 Å². The van der Waals surface area contributed by atoms with Gasteiger partial charge in [-0.25, -0.2) is 4.68 Å². The molecule has 1 aliphatic heterocycles. The van der Waals surface area contributed by atoms with Crippen LogP contribution in [0.3, 0.4) is 0 Å². The maximum Gasteiger partial charge on any atom is 0.241 e. The summed E-state index contributed by atoms with van der Waals surface area (Å²) in [6, 6.07) is 18.0. The molecule has 7 heteroatoms. The topological polar surface area (TPSA) is 76.0 Å². The fourth-order valence-electron chi connectivity index (χ4n) is 3.69. The predicted octanol–water partition coefficient (Wildman–Crippen LogP) is 3.48. The largest absolute Gasteiger partial charge is 0.354 e. The number of carbonyl (C=O) groups excluding carboxylic acids is 2. The number of hydrogen-bond acceptors (Lipinski definition) is 4. The van der Waals surface area contributed by atoms with Crippen LogP contribution in [0.25, 0.3) is 0 Å². The first-order valence-electron chi connectivity index (χ1n) is 10.4. The zero-order valence-electron chi connectivity index (χ0n) is 17.6. The molecule has 1 aromatic heterocycles. The Kier molecular flexibility index (Phi) is 6.72. The van der Waals surface area contributed by atoms with Crippen molar-refractivity contribution in [2.24, 2.45) is 0 Å². The molecule has 31 heavy (non-hydrogen) atoms. The molecule has 2 N–H and O–H groups in total. The first kappa shape index (κ1) is 21.2. The number of fused-ring (bicyclic) bond motifs is 1. The quantitative estimate of drug-likeness (QED) is 0.569. The fourth-order valence-corrected chi connectivity index (χ4v) is 4.72. The molecule has 0 fully saturated rings. The summed E-state index contributed by atoms with van der Waals surface area (Å²) in [6.45, 7) is 2.66. The van der Waals surface area contributed by atoms with Crippen LogP contribution in [0, 0.1) is 6.92 Å². The normalized spacial score (nSPS) is 12.4. The van der Waals surface area contributed by atoms with E-state index in [0.717, 1.165) is 40.3 Å². The van der Waals surface area contributed by atoms with Gasteiger partial charge in [0.25, 0.3) is 0 Å². The second kappa shape index (κ2) is 9.83. The van der Waals surface area contributed by atoms with E-state index in [1.165, 1.54) is 5.56 Å². The first-order valence-corrected chi connectivity index (χ1v) is 11.6. The molecule has 160 valence electrons. The van der Waals surface area contributed by atoms with Gasteiger partial charge in [0.15, 0.2) is 0 Å². The van der Waals surface area contributed by atoms with Crippen LogP contribution < -0.4 is 10.6 Å². The molecule has 1 aliphatic rings. The van der Waals surface area contributed by atoms with Crippen molar-refractivity contribution in [2.75, 3.05) is 11.9 Å². The molecule has 0 unspecified atom stereocenters. The Morgan fingerprint density at radius 1 is 1.03 bits per heavy atom. The number of benzene rings is 2. The Morgan fingerprint density at radius 3 is 2.65 bits per heavy atom. The number of nitrogens with zero attached hydrogens (tertiary/aromatic N) is 2. The van der Waals surface area contributed by atoms with Crippen molar-refractivity contribution in [3.05, 3.63) is 82.5 Å². The van der Waals surface area contributed by atoms with E-state index in [4.69, 9.17) is 0 Å². The molecule has 0 atom stereocenters. The third kappa shape index (κ3) is 5.55. The number of hydrogen-bond donors (Lipinski definition) is 2. The molecule has 2 heterocycles. The second-order valence-corrected chi connectivity index (χ2v) is 8.71. The fraction of sp³-hybridized carbons (Fsp3) is 0.292. The molecular weight excluding hydrogens is 408 g/mol. The Balaban J connectivity index is 1.39. The minimum Gasteiger partial charge on any atom is -0.354 e. The lowest BCUT2D eigenvalue weighted by Gasteiger charge is -2.12. The van der Waals surface area contributed by atoms with Crippen molar-refractivity contribution in [3.8, 4) is 0 Å². The lowest BCUT2D eigenvalue weighted by atomic mass is 10.1. The number of carbonyl (C=O) groups is 2. The molecule has 4 rings (SSSR count). The second-order valence-electron chi connectivity index (χ2n) is 7.72. The highest BCUT2D eigenvalue weighted by Crippen LogP contribution is 2.34. The van der Waals surface area contributed by atoms with Gasteiger partial charge in [-0.1, -0.05) is 60.2 Å². The maximum absolute atomic E-state index is 12.7. The molecule has 0 bridgehead atoms. The molecule has 2 aromatic carbocycles. The first-order chi connectivity index (χ1) is 15.1. The summed E-state index contributed by atoms with van der Waals surface area (Å²) in [5, 5.41) is 10.6. The molecule has 3 aromatic rings. The molecule has 0 spiro atoms. The molecular formula is C24H26N4O2S. The van der Waals surface area contributed by atoms with Gasteiger partial charge >= 0.3 is 0 Å². The number of nitrogens with one attached hydrogen (secondary N) is 2. The molecule has 2 amide bonds. The Morgan fingerprint density at radius 2 is 1.84 bits per heavy atom. The lowest BCUT2D eigenvalue weighted by molar-refractivity contribution is -0.122. The standard InChI is InChI=1S/C24H26N4O2S/c1-17-6-5-9-19(12-17)13-22(29)26-24-20-15-31-16-21(20)27-28(24)14-23(30)25-11-10-18-7-3-2-4-8-18/h2-9,12H,10-11,13-16H2,1H3,(H,25,30)(H,26,29). The maximum atomic E-state index is 12.7. The van der Waals surface area contributed by atoms with Crippen molar-refractivity contribution in [2.45, 2.75) is 37.8 Å². The minimum absolute atomic E-state index is 0.0898. The summed E-state index contributed by atoms with van der Waals surface area (Å²) in [6.07, 6.45) is 1.07. The number of anilines is 1. The van der Waals surface area contributed by atoms with E-state index in [0.29, 0.717) is 12.4 Å². The third-order valence-corrected chi connectivity index (χ3v) is 6.17. The van der Waals surface area contributed by atoms with Gasteiger partial charge in [-0.3, -0.25) is 9.59 Å². The zero-order valence-corrected chi connectivity index (χ0v) is 18.4.